The first-order chi connectivity index (χ1) is 9.95. The molecule has 0 saturated carbocycles. The number of nitrogens with zero attached hydrogens (tertiary/aromatic N) is 1. The molecule has 0 saturated heterocycles. The van der Waals surface area contributed by atoms with Crippen LogP contribution in [0.5, 0.6) is 0 Å². The van der Waals surface area contributed by atoms with Crippen molar-refractivity contribution in [3.8, 4) is 0 Å². The summed E-state index contributed by atoms with van der Waals surface area (Å²) in [6, 6.07) is 9.46. The van der Waals surface area contributed by atoms with E-state index in [1.165, 1.54) is 18.2 Å². The van der Waals surface area contributed by atoms with Crippen molar-refractivity contribution in [2.24, 2.45) is 0 Å². The first kappa shape index (κ1) is 16.1. The van der Waals surface area contributed by atoms with Gasteiger partial charge in [0.1, 0.15) is 5.82 Å². The molecule has 110 valence electrons. The number of nitrogens with one attached hydrogen (secondary N) is 1. The number of rotatable bonds is 5. The normalized spacial score (nSPS) is 10.6. The number of non-ortho nitro benzene ring substituents is 1. The van der Waals surface area contributed by atoms with Crippen molar-refractivity contribution in [1.29, 1.82) is 0 Å². The van der Waals surface area contributed by atoms with E-state index in [1.54, 1.807) is 18.2 Å². The Morgan fingerprint density at radius 1 is 1.10 bits per heavy atom. The molecule has 0 radical (unpaired) electrons. The highest BCUT2D eigenvalue weighted by atomic mass is 79.9. The number of hydrogen-bond acceptors (Lipinski definition) is 3. The van der Waals surface area contributed by atoms with Crippen LogP contribution in [0.15, 0.2) is 45.3 Å². The van der Waals surface area contributed by atoms with Crippen LogP contribution in [0, 0.1) is 15.9 Å². The van der Waals surface area contributed by atoms with Gasteiger partial charge in [0.05, 0.1) is 4.92 Å². The zero-order chi connectivity index (χ0) is 15.4. The molecule has 2 aromatic rings. The van der Waals surface area contributed by atoms with Gasteiger partial charge >= 0.3 is 0 Å². The van der Waals surface area contributed by atoms with Crippen molar-refractivity contribution in [2.75, 3.05) is 0 Å². The van der Waals surface area contributed by atoms with Gasteiger partial charge in [-0.1, -0.05) is 31.9 Å². The molecule has 1 N–H and O–H groups in total. The van der Waals surface area contributed by atoms with Gasteiger partial charge in [-0.3, -0.25) is 10.1 Å². The lowest BCUT2D eigenvalue weighted by atomic mass is 10.2. The van der Waals surface area contributed by atoms with Gasteiger partial charge < -0.3 is 5.32 Å². The van der Waals surface area contributed by atoms with Crippen LogP contribution >= 0.6 is 31.9 Å². The van der Waals surface area contributed by atoms with Crippen LogP contribution in [-0.4, -0.2) is 4.92 Å². The molecule has 2 aromatic carbocycles. The predicted molar refractivity (Wildman–Crippen MR) is 85.4 cm³/mol. The van der Waals surface area contributed by atoms with Gasteiger partial charge in [0, 0.05) is 39.7 Å². The van der Waals surface area contributed by atoms with Gasteiger partial charge in [-0.25, -0.2) is 4.39 Å². The summed E-state index contributed by atoms with van der Waals surface area (Å²) < 4.78 is 15.0. The summed E-state index contributed by atoms with van der Waals surface area (Å²) in [5.41, 5.74) is 1.31. The smallest absolute Gasteiger partial charge is 0.270 e. The van der Waals surface area contributed by atoms with Crippen LogP contribution in [0.25, 0.3) is 0 Å². The Kier molecular flexibility index (Phi) is 5.44. The molecule has 2 rings (SSSR count). The van der Waals surface area contributed by atoms with Gasteiger partial charge in [-0.05, 0) is 29.8 Å². The fourth-order valence-electron chi connectivity index (χ4n) is 1.86. The van der Waals surface area contributed by atoms with Crippen LogP contribution < -0.4 is 5.32 Å². The van der Waals surface area contributed by atoms with Crippen LogP contribution in [0.4, 0.5) is 10.1 Å². The van der Waals surface area contributed by atoms with Crippen LogP contribution in [0.3, 0.4) is 0 Å². The largest absolute Gasteiger partial charge is 0.309 e. The number of nitro groups is 1. The maximum atomic E-state index is 13.6. The number of nitro benzene ring substituents is 1. The number of benzene rings is 2. The second-order valence-electron chi connectivity index (χ2n) is 4.41. The van der Waals surface area contributed by atoms with Crippen molar-refractivity contribution >= 4 is 37.5 Å². The molecule has 21 heavy (non-hydrogen) atoms. The number of hydrogen-bond donors (Lipinski definition) is 1. The Hall–Kier alpha value is -1.31. The summed E-state index contributed by atoms with van der Waals surface area (Å²) in [4.78, 5) is 10.4. The Bertz CT molecular complexity index is 680. The third-order valence-corrected chi connectivity index (χ3v) is 3.76. The van der Waals surface area contributed by atoms with E-state index < -0.39 is 4.92 Å². The second kappa shape index (κ2) is 7.11. The molecule has 0 aliphatic rings. The van der Waals surface area contributed by atoms with Crippen LogP contribution in [0.2, 0.25) is 0 Å². The molecule has 0 unspecified atom stereocenters. The highest BCUT2D eigenvalue weighted by Gasteiger charge is 2.09. The van der Waals surface area contributed by atoms with E-state index in [0.717, 1.165) is 10.0 Å². The van der Waals surface area contributed by atoms with Gasteiger partial charge in [0.15, 0.2) is 0 Å². The van der Waals surface area contributed by atoms with Crippen molar-refractivity contribution in [3.63, 3.8) is 0 Å². The summed E-state index contributed by atoms with van der Waals surface area (Å²) >= 11 is 6.53. The molecular weight excluding hydrogens is 407 g/mol. The summed E-state index contributed by atoms with van der Waals surface area (Å²) in [7, 11) is 0. The van der Waals surface area contributed by atoms with Gasteiger partial charge in [0.2, 0.25) is 0 Å². The highest BCUT2D eigenvalue weighted by Crippen LogP contribution is 2.21. The molecule has 0 heterocycles. The van der Waals surface area contributed by atoms with Crippen molar-refractivity contribution in [2.45, 2.75) is 13.1 Å². The minimum absolute atomic E-state index is 0.0230. The molecule has 0 atom stereocenters. The molecule has 0 spiro atoms. The van der Waals surface area contributed by atoms with E-state index in [1.807, 2.05) is 0 Å². The zero-order valence-corrected chi connectivity index (χ0v) is 13.9. The summed E-state index contributed by atoms with van der Waals surface area (Å²) in [5, 5.41) is 13.9. The Morgan fingerprint density at radius 3 is 2.57 bits per heavy atom. The average Bonchev–Trinajstić information content (AvgIpc) is 2.42. The van der Waals surface area contributed by atoms with E-state index in [-0.39, 0.29) is 11.5 Å². The van der Waals surface area contributed by atoms with Crippen molar-refractivity contribution in [3.05, 3.63) is 72.4 Å². The summed E-state index contributed by atoms with van der Waals surface area (Å²) in [5.74, 6) is -0.286. The zero-order valence-electron chi connectivity index (χ0n) is 10.8. The standard InChI is InChI=1S/C14H11Br2FN2O2/c15-11-1-2-14(17)10(5-11)8-18-7-9-3-12(16)6-13(4-9)19(20)21/h1-6,18H,7-8H2. The Labute approximate surface area is 137 Å². The molecule has 0 bridgehead atoms. The summed E-state index contributed by atoms with van der Waals surface area (Å²) in [6.07, 6.45) is 0. The van der Waals surface area contributed by atoms with E-state index in [9.17, 15) is 14.5 Å². The molecule has 0 amide bonds. The lowest BCUT2D eigenvalue weighted by Crippen LogP contribution is -2.14. The number of halogens is 3. The molecule has 0 fully saturated rings. The average molecular weight is 418 g/mol. The SMILES string of the molecule is O=[N+]([O-])c1cc(Br)cc(CNCc2cc(Br)ccc2F)c1. The monoisotopic (exact) mass is 416 g/mol. The van der Waals surface area contributed by atoms with E-state index in [0.29, 0.717) is 23.1 Å². The molecule has 0 aromatic heterocycles. The minimum Gasteiger partial charge on any atom is -0.309 e. The predicted octanol–water partition coefficient (Wildman–Crippen LogP) is 4.55. The molecule has 4 nitrogen and oxygen atoms in total. The Balaban J connectivity index is 2.03. The van der Waals surface area contributed by atoms with Gasteiger partial charge in [-0.2, -0.15) is 0 Å². The third kappa shape index (κ3) is 4.59. The maximum absolute atomic E-state index is 13.6. The fourth-order valence-corrected chi connectivity index (χ4v) is 2.80. The second-order valence-corrected chi connectivity index (χ2v) is 6.25. The maximum Gasteiger partial charge on any atom is 0.270 e. The molecule has 0 aliphatic heterocycles. The third-order valence-electron chi connectivity index (χ3n) is 2.81. The topological polar surface area (TPSA) is 55.2 Å². The molecular formula is C14H11Br2FN2O2. The van der Waals surface area contributed by atoms with Crippen molar-refractivity contribution in [1.82, 2.24) is 5.32 Å². The highest BCUT2D eigenvalue weighted by molar-refractivity contribution is 9.10. The Morgan fingerprint density at radius 2 is 1.86 bits per heavy atom. The van der Waals surface area contributed by atoms with Gasteiger partial charge in [0.25, 0.3) is 5.69 Å². The summed E-state index contributed by atoms with van der Waals surface area (Å²) in [6.45, 7) is 0.748. The van der Waals surface area contributed by atoms with Crippen LogP contribution in [0.1, 0.15) is 11.1 Å². The minimum atomic E-state index is -0.442. The lowest BCUT2D eigenvalue weighted by Gasteiger charge is -2.07. The molecule has 0 aliphatic carbocycles. The first-order valence-electron chi connectivity index (χ1n) is 6.04. The van der Waals surface area contributed by atoms with Crippen LogP contribution in [-0.2, 0) is 13.1 Å². The first-order valence-corrected chi connectivity index (χ1v) is 7.63. The molecule has 7 heteroatoms. The van der Waals surface area contributed by atoms with E-state index in [4.69, 9.17) is 0 Å². The van der Waals surface area contributed by atoms with E-state index >= 15 is 0 Å². The van der Waals surface area contributed by atoms with E-state index in [2.05, 4.69) is 37.2 Å². The lowest BCUT2D eigenvalue weighted by molar-refractivity contribution is -0.385. The van der Waals surface area contributed by atoms with Crippen molar-refractivity contribution < 1.29 is 9.31 Å². The quantitative estimate of drug-likeness (QED) is 0.573. The fraction of sp³-hybridized carbons (Fsp3) is 0.143. The van der Waals surface area contributed by atoms with Gasteiger partial charge in [-0.15, -0.1) is 0 Å².